The van der Waals surface area contributed by atoms with Crippen LogP contribution in [-0.2, 0) is 6.18 Å². The van der Waals surface area contributed by atoms with Gasteiger partial charge in [-0.25, -0.2) is 4.39 Å². The molecule has 0 heterocycles. The van der Waals surface area contributed by atoms with E-state index >= 15 is 0 Å². The summed E-state index contributed by atoms with van der Waals surface area (Å²) in [5.41, 5.74) is -0.583. The van der Waals surface area contributed by atoms with Crippen molar-refractivity contribution in [1.29, 1.82) is 0 Å². The van der Waals surface area contributed by atoms with Crippen molar-refractivity contribution in [3.63, 3.8) is 0 Å². The second-order valence-corrected chi connectivity index (χ2v) is 5.01. The predicted molar refractivity (Wildman–Crippen MR) is 75.5 cm³/mol. The molecule has 0 saturated carbocycles. The first kappa shape index (κ1) is 16.3. The smallest absolute Gasteiger partial charge is 0.322 e. The van der Waals surface area contributed by atoms with E-state index in [9.17, 15) is 22.4 Å². The Morgan fingerprint density at radius 2 is 1.82 bits per heavy atom. The zero-order chi connectivity index (χ0) is 16.5. The summed E-state index contributed by atoms with van der Waals surface area (Å²) < 4.78 is 51.5. The predicted octanol–water partition coefficient (Wildman–Crippen LogP) is 5.06. The number of carbonyl (C=O) groups is 1. The van der Waals surface area contributed by atoms with Gasteiger partial charge in [-0.2, -0.15) is 13.2 Å². The highest BCUT2D eigenvalue weighted by Gasteiger charge is 2.33. The minimum absolute atomic E-state index is 0.0449. The molecule has 0 unspecified atom stereocenters. The van der Waals surface area contributed by atoms with Crippen molar-refractivity contribution in [2.24, 2.45) is 0 Å². The first-order valence-corrected chi connectivity index (χ1v) is 6.50. The van der Waals surface area contributed by atoms with Gasteiger partial charge in [0.1, 0.15) is 5.82 Å². The second-order valence-electron chi connectivity index (χ2n) is 4.61. The molecule has 1 amide bonds. The Morgan fingerprint density at radius 1 is 1.14 bits per heavy atom. The molecule has 0 bridgehead atoms. The molecule has 0 aliphatic carbocycles. The summed E-state index contributed by atoms with van der Waals surface area (Å²) in [4.78, 5) is 12.0. The van der Waals surface area contributed by atoms with E-state index in [-0.39, 0.29) is 11.3 Å². The average Bonchev–Trinajstić information content (AvgIpc) is 2.42. The maximum Gasteiger partial charge on any atom is 0.417 e. The molecule has 0 radical (unpaired) electrons. The van der Waals surface area contributed by atoms with E-state index in [0.717, 1.165) is 18.2 Å². The topological polar surface area (TPSA) is 29.1 Å². The fraction of sp³-hybridized carbons (Fsp3) is 0.133. The fourth-order valence-electron chi connectivity index (χ4n) is 1.86. The number of halogens is 5. The number of hydrogen-bond acceptors (Lipinski definition) is 1. The Balaban J connectivity index is 2.31. The van der Waals surface area contributed by atoms with Crippen LogP contribution in [0.25, 0.3) is 0 Å². The highest BCUT2D eigenvalue weighted by molar-refractivity contribution is 6.31. The molecule has 2 aromatic carbocycles. The number of benzene rings is 2. The molecular weight excluding hydrogens is 322 g/mol. The molecule has 0 aliphatic heterocycles. The van der Waals surface area contributed by atoms with Crippen LogP contribution < -0.4 is 5.32 Å². The van der Waals surface area contributed by atoms with Crippen LogP contribution in [0.3, 0.4) is 0 Å². The Kier molecular flexibility index (Phi) is 4.42. The zero-order valence-electron chi connectivity index (χ0n) is 11.3. The van der Waals surface area contributed by atoms with Crippen molar-refractivity contribution in [2.75, 3.05) is 5.32 Å². The zero-order valence-corrected chi connectivity index (χ0v) is 12.0. The lowest BCUT2D eigenvalue weighted by Gasteiger charge is -2.12. The molecule has 2 nitrogen and oxygen atoms in total. The highest BCUT2D eigenvalue weighted by atomic mass is 35.5. The highest BCUT2D eigenvalue weighted by Crippen LogP contribution is 2.36. The third kappa shape index (κ3) is 3.57. The van der Waals surface area contributed by atoms with Gasteiger partial charge < -0.3 is 5.32 Å². The molecule has 2 rings (SSSR count). The Bertz CT molecular complexity index is 728. The number of nitrogens with one attached hydrogen (secondary N) is 1. The van der Waals surface area contributed by atoms with E-state index < -0.39 is 28.5 Å². The van der Waals surface area contributed by atoms with Crippen molar-refractivity contribution in [2.45, 2.75) is 13.1 Å². The summed E-state index contributed by atoms with van der Waals surface area (Å²) in [6.45, 7) is 1.59. The van der Waals surface area contributed by atoms with Crippen LogP contribution >= 0.6 is 11.6 Å². The Labute approximate surface area is 128 Å². The normalized spacial score (nSPS) is 11.4. The molecule has 22 heavy (non-hydrogen) atoms. The number of aryl methyl sites for hydroxylation is 1. The van der Waals surface area contributed by atoms with Gasteiger partial charge in [0.05, 0.1) is 10.6 Å². The lowest BCUT2D eigenvalue weighted by molar-refractivity contribution is -0.137. The van der Waals surface area contributed by atoms with Gasteiger partial charge in [0.25, 0.3) is 5.91 Å². The van der Waals surface area contributed by atoms with E-state index in [0.29, 0.717) is 5.56 Å². The van der Waals surface area contributed by atoms with Crippen LogP contribution in [-0.4, -0.2) is 5.91 Å². The number of amides is 1. The molecule has 0 aromatic heterocycles. The quantitative estimate of drug-likeness (QED) is 0.766. The summed E-state index contributed by atoms with van der Waals surface area (Å²) in [7, 11) is 0. The van der Waals surface area contributed by atoms with Crippen molar-refractivity contribution in [3.8, 4) is 0 Å². The number of rotatable bonds is 2. The van der Waals surface area contributed by atoms with E-state index in [4.69, 9.17) is 11.6 Å². The van der Waals surface area contributed by atoms with E-state index in [2.05, 4.69) is 5.32 Å². The third-order valence-electron chi connectivity index (χ3n) is 2.97. The van der Waals surface area contributed by atoms with Gasteiger partial charge in [0.2, 0.25) is 0 Å². The van der Waals surface area contributed by atoms with Crippen LogP contribution in [0.1, 0.15) is 21.5 Å². The first-order valence-electron chi connectivity index (χ1n) is 6.13. The maximum atomic E-state index is 13.2. The molecule has 116 valence electrons. The van der Waals surface area contributed by atoms with E-state index in [1.54, 1.807) is 6.92 Å². The summed E-state index contributed by atoms with van der Waals surface area (Å²) in [5, 5.41) is 1.84. The lowest BCUT2D eigenvalue weighted by atomic mass is 10.1. The molecule has 0 atom stereocenters. The molecule has 0 saturated heterocycles. The van der Waals surface area contributed by atoms with Gasteiger partial charge in [0.15, 0.2) is 0 Å². The standard InChI is InChI=1S/C15H10ClF4NO/c1-8-2-3-9(17)6-11(8)14(22)21-10-4-5-13(16)12(7-10)15(18,19)20/h2-7H,1H3,(H,21,22). The average molecular weight is 332 g/mol. The fourth-order valence-corrected chi connectivity index (χ4v) is 2.08. The van der Waals surface area contributed by atoms with Crippen LogP contribution in [0.5, 0.6) is 0 Å². The molecule has 2 aromatic rings. The second kappa shape index (κ2) is 5.96. The monoisotopic (exact) mass is 331 g/mol. The van der Waals surface area contributed by atoms with Gasteiger partial charge in [-0.3, -0.25) is 4.79 Å². The molecule has 0 fully saturated rings. The number of anilines is 1. The molecule has 1 N–H and O–H groups in total. The first-order chi connectivity index (χ1) is 10.2. The third-order valence-corrected chi connectivity index (χ3v) is 3.30. The number of carbonyl (C=O) groups excluding carboxylic acids is 1. The molecule has 0 spiro atoms. The summed E-state index contributed by atoms with van der Waals surface area (Å²) >= 11 is 5.50. The van der Waals surface area contributed by atoms with Crippen LogP contribution in [0, 0.1) is 12.7 Å². The van der Waals surface area contributed by atoms with Crippen molar-refractivity contribution >= 4 is 23.2 Å². The van der Waals surface area contributed by atoms with Gasteiger partial charge in [0, 0.05) is 11.3 Å². The Morgan fingerprint density at radius 3 is 2.45 bits per heavy atom. The number of hydrogen-bond donors (Lipinski definition) is 1. The van der Waals surface area contributed by atoms with Crippen molar-refractivity contribution < 1.29 is 22.4 Å². The largest absolute Gasteiger partial charge is 0.417 e. The number of alkyl halides is 3. The van der Waals surface area contributed by atoms with Crippen LogP contribution in [0.2, 0.25) is 5.02 Å². The summed E-state index contributed by atoms with van der Waals surface area (Å²) in [5.74, 6) is -1.31. The van der Waals surface area contributed by atoms with Crippen molar-refractivity contribution in [1.82, 2.24) is 0 Å². The molecule has 0 aliphatic rings. The van der Waals surface area contributed by atoms with Gasteiger partial charge in [-0.1, -0.05) is 17.7 Å². The minimum atomic E-state index is -4.63. The van der Waals surface area contributed by atoms with Gasteiger partial charge >= 0.3 is 6.18 Å². The van der Waals surface area contributed by atoms with Gasteiger partial charge in [-0.15, -0.1) is 0 Å². The molecular formula is C15H10ClF4NO. The van der Waals surface area contributed by atoms with E-state index in [1.807, 2.05) is 0 Å². The summed E-state index contributed by atoms with van der Waals surface area (Å²) in [6, 6.07) is 6.63. The summed E-state index contributed by atoms with van der Waals surface area (Å²) in [6.07, 6.45) is -4.63. The lowest BCUT2D eigenvalue weighted by Crippen LogP contribution is -2.15. The van der Waals surface area contributed by atoms with Crippen molar-refractivity contribution in [3.05, 3.63) is 63.9 Å². The maximum absolute atomic E-state index is 13.2. The molecule has 7 heteroatoms. The SMILES string of the molecule is Cc1ccc(F)cc1C(=O)Nc1ccc(Cl)c(C(F)(F)F)c1. The van der Waals surface area contributed by atoms with Gasteiger partial charge in [-0.05, 0) is 42.8 Å². The minimum Gasteiger partial charge on any atom is -0.322 e. The van der Waals surface area contributed by atoms with Crippen LogP contribution in [0.15, 0.2) is 36.4 Å². The Hall–Kier alpha value is -2.08. The van der Waals surface area contributed by atoms with E-state index in [1.165, 1.54) is 18.2 Å². The van der Waals surface area contributed by atoms with Crippen LogP contribution in [0.4, 0.5) is 23.2 Å².